The van der Waals surface area contributed by atoms with Crippen molar-refractivity contribution < 1.29 is 26.3 Å². The van der Waals surface area contributed by atoms with E-state index in [1.807, 2.05) is 4.72 Å². The fourth-order valence-corrected chi connectivity index (χ4v) is 3.50. The van der Waals surface area contributed by atoms with Gasteiger partial charge in [0.15, 0.2) is 10.8 Å². The summed E-state index contributed by atoms with van der Waals surface area (Å²) < 4.78 is 69.6. The maximum Gasteiger partial charge on any atom is 0.416 e. The standard InChI is InChI=1S/C12H8F3N3O3S2/c1-21-9-2-7(12(13,14)15)3-10(4-9)23(19,20)18-11-17-8(5-16)6-22-11/h2-4,6H,1H3,(H,17,18). The van der Waals surface area contributed by atoms with Crippen molar-refractivity contribution in [1.29, 1.82) is 5.26 Å². The number of benzene rings is 1. The third-order valence-electron chi connectivity index (χ3n) is 2.59. The summed E-state index contributed by atoms with van der Waals surface area (Å²) >= 11 is 0.838. The van der Waals surface area contributed by atoms with Crippen LogP contribution in [-0.4, -0.2) is 20.5 Å². The third kappa shape index (κ3) is 3.91. The number of anilines is 1. The lowest BCUT2D eigenvalue weighted by Gasteiger charge is -2.12. The fraction of sp³-hybridized carbons (Fsp3) is 0.167. The summed E-state index contributed by atoms with van der Waals surface area (Å²) in [6.07, 6.45) is -4.73. The van der Waals surface area contributed by atoms with Crippen molar-refractivity contribution in [2.24, 2.45) is 0 Å². The van der Waals surface area contributed by atoms with E-state index in [1.165, 1.54) is 5.38 Å². The smallest absolute Gasteiger partial charge is 0.416 e. The summed E-state index contributed by atoms with van der Waals surface area (Å²) in [5, 5.41) is 9.82. The second kappa shape index (κ2) is 6.05. The molecule has 0 saturated carbocycles. The third-order valence-corrected chi connectivity index (χ3v) is 4.80. The van der Waals surface area contributed by atoms with Crippen LogP contribution in [0.1, 0.15) is 11.3 Å². The summed E-state index contributed by atoms with van der Waals surface area (Å²) in [6.45, 7) is 0. The van der Waals surface area contributed by atoms with Gasteiger partial charge in [0, 0.05) is 11.4 Å². The Kier molecular flexibility index (Phi) is 4.49. The maximum absolute atomic E-state index is 12.8. The van der Waals surface area contributed by atoms with E-state index >= 15 is 0 Å². The highest BCUT2D eigenvalue weighted by Gasteiger charge is 2.33. The largest absolute Gasteiger partial charge is 0.497 e. The molecule has 0 amide bonds. The molecule has 0 unspecified atom stereocenters. The zero-order valence-corrected chi connectivity index (χ0v) is 13.0. The Morgan fingerprint density at radius 3 is 2.57 bits per heavy atom. The molecule has 0 fully saturated rings. The lowest BCUT2D eigenvalue weighted by molar-refractivity contribution is -0.137. The van der Waals surface area contributed by atoms with Crippen molar-refractivity contribution in [3.63, 3.8) is 0 Å². The van der Waals surface area contributed by atoms with Gasteiger partial charge in [-0.15, -0.1) is 11.3 Å². The molecule has 1 aromatic carbocycles. The average molecular weight is 363 g/mol. The Morgan fingerprint density at radius 2 is 2.04 bits per heavy atom. The second-order valence-corrected chi connectivity index (χ2v) is 6.69. The maximum atomic E-state index is 12.8. The first kappa shape index (κ1) is 17.0. The minimum atomic E-state index is -4.73. The molecule has 1 heterocycles. The van der Waals surface area contributed by atoms with Crippen LogP contribution in [0.5, 0.6) is 5.75 Å². The average Bonchev–Trinajstić information content (AvgIpc) is 2.92. The number of rotatable bonds is 4. The molecule has 0 saturated heterocycles. The van der Waals surface area contributed by atoms with Crippen molar-refractivity contribution in [3.8, 4) is 11.8 Å². The van der Waals surface area contributed by atoms with E-state index in [0.717, 1.165) is 24.5 Å². The number of sulfonamides is 1. The van der Waals surface area contributed by atoms with E-state index < -0.39 is 26.7 Å². The molecule has 1 aromatic heterocycles. The molecule has 6 nitrogen and oxygen atoms in total. The van der Waals surface area contributed by atoms with Crippen LogP contribution in [0, 0.1) is 11.3 Å². The van der Waals surface area contributed by atoms with Gasteiger partial charge >= 0.3 is 6.18 Å². The lowest BCUT2D eigenvalue weighted by atomic mass is 10.2. The SMILES string of the molecule is COc1cc(C(F)(F)F)cc(S(=O)(=O)Nc2nc(C#N)cs2)c1. The number of alkyl halides is 3. The topological polar surface area (TPSA) is 92.1 Å². The Bertz CT molecular complexity index is 870. The minimum absolute atomic E-state index is 0.00526. The number of hydrogen-bond donors (Lipinski definition) is 1. The first-order chi connectivity index (χ1) is 10.7. The van der Waals surface area contributed by atoms with E-state index in [1.54, 1.807) is 6.07 Å². The molecular weight excluding hydrogens is 355 g/mol. The van der Waals surface area contributed by atoms with Gasteiger partial charge in [0.1, 0.15) is 11.8 Å². The number of ether oxygens (including phenoxy) is 1. The molecule has 0 spiro atoms. The van der Waals surface area contributed by atoms with Crippen LogP contribution in [0.15, 0.2) is 28.5 Å². The van der Waals surface area contributed by atoms with Gasteiger partial charge in [-0.1, -0.05) is 0 Å². The first-order valence-electron chi connectivity index (χ1n) is 5.80. The van der Waals surface area contributed by atoms with Crippen LogP contribution in [0.3, 0.4) is 0 Å². The Labute approximate surface area is 133 Å². The van der Waals surface area contributed by atoms with Crippen LogP contribution in [0.2, 0.25) is 0 Å². The van der Waals surface area contributed by atoms with Crippen molar-refractivity contribution in [1.82, 2.24) is 4.98 Å². The molecule has 0 aliphatic carbocycles. The predicted molar refractivity (Wildman–Crippen MR) is 75.6 cm³/mol. The van der Waals surface area contributed by atoms with Gasteiger partial charge in [0.25, 0.3) is 10.0 Å². The molecule has 1 N–H and O–H groups in total. The van der Waals surface area contributed by atoms with Crippen LogP contribution in [0.4, 0.5) is 18.3 Å². The Balaban J connectivity index is 2.44. The summed E-state index contributed by atoms with van der Waals surface area (Å²) in [5.74, 6) is -0.253. The summed E-state index contributed by atoms with van der Waals surface area (Å²) in [5.41, 5.74) is -1.16. The predicted octanol–water partition coefficient (Wildman–Crippen LogP) is 2.84. The zero-order valence-electron chi connectivity index (χ0n) is 11.4. The molecule has 0 radical (unpaired) electrons. The van der Waals surface area contributed by atoms with E-state index in [-0.39, 0.29) is 16.6 Å². The normalized spacial score (nSPS) is 11.8. The number of methoxy groups -OCH3 is 1. The lowest BCUT2D eigenvalue weighted by Crippen LogP contribution is -2.15. The number of halogens is 3. The van der Waals surface area contributed by atoms with E-state index in [2.05, 4.69) is 4.98 Å². The van der Waals surface area contributed by atoms with Gasteiger partial charge in [-0.2, -0.15) is 18.4 Å². The molecule has 0 aliphatic rings. The number of nitrogens with zero attached hydrogens (tertiary/aromatic N) is 2. The van der Waals surface area contributed by atoms with Gasteiger partial charge in [-0.3, -0.25) is 4.72 Å². The summed E-state index contributed by atoms with van der Waals surface area (Å²) in [7, 11) is -3.19. The molecule has 2 rings (SSSR count). The van der Waals surface area contributed by atoms with Crippen molar-refractivity contribution >= 4 is 26.5 Å². The Morgan fingerprint density at radius 1 is 1.35 bits per heavy atom. The molecule has 23 heavy (non-hydrogen) atoms. The van der Waals surface area contributed by atoms with Gasteiger partial charge < -0.3 is 4.74 Å². The van der Waals surface area contributed by atoms with Crippen LogP contribution in [0.25, 0.3) is 0 Å². The van der Waals surface area contributed by atoms with E-state index in [9.17, 15) is 21.6 Å². The molecule has 2 aromatic rings. The summed E-state index contributed by atoms with van der Waals surface area (Å²) in [6, 6.07) is 3.85. The van der Waals surface area contributed by atoms with Crippen molar-refractivity contribution in [2.75, 3.05) is 11.8 Å². The van der Waals surface area contributed by atoms with Gasteiger partial charge in [0.05, 0.1) is 17.6 Å². The number of thiazole rings is 1. The zero-order chi connectivity index (χ0) is 17.3. The van der Waals surface area contributed by atoms with E-state index in [4.69, 9.17) is 10.00 Å². The van der Waals surface area contributed by atoms with Gasteiger partial charge in [0.2, 0.25) is 0 Å². The van der Waals surface area contributed by atoms with E-state index in [0.29, 0.717) is 12.1 Å². The van der Waals surface area contributed by atoms with Gasteiger partial charge in [-0.25, -0.2) is 13.4 Å². The molecule has 0 aliphatic heterocycles. The quantitative estimate of drug-likeness (QED) is 0.902. The second-order valence-electron chi connectivity index (χ2n) is 4.15. The molecule has 0 bridgehead atoms. The van der Waals surface area contributed by atoms with Crippen molar-refractivity contribution in [3.05, 3.63) is 34.8 Å². The number of nitriles is 1. The highest BCUT2D eigenvalue weighted by atomic mass is 32.2. The van der Waals surface area contributed by atoms with Crippen molar-refractivity contribution in [2.45, 2.75) is 11.1 Å². The van der Waals surface area contributed by atoms with Gasteiger partial charge in [-0.05, 0) is 12.1 Å². The summed E-state index contributed by atoms with van der Waals surface area (Å²) in [4.78, 5) is 3.04. The Hall–Kier alpha value is -2.32. The molecule has 122 valence electrons. The number of aromatic nitrogens is 1. The number of hydrogen-bond acceptors (Lipinski definition) is 6. The minimum Gasteiger partial charge on any atom is -0.497 e. The van der Waals surface area contributed by atoms with Crippen LogP contribution >= 0.6 is 11.3 Å². The van der Waals surface area contributed by atoms with Crippen LogP contribution < -0.4 is 9.46 Å². The highest BCUT2D eigenvalue weighted by Crippen LogP contribution is 2.34. The molecule has 0 atom stereocenters. The fourth-order valence-electron chi connectivity index (χ4n) is 1.55. The monoisotopic (exact) mass is 363 g/mol. The molecular formula is C12H8F3N3O3S2. The first-order valence-corrected chi connectivity index (χ1v) is 8.17. The number of nitrogens with one attached hydrogen (secondary N) is 1. The highest BCUT2D eigenvalue weighted by molar-refractivity contribution is 7.93. The van der Waals surface area contributed by atoms with Crippen LogP contribution in [-0.2, 0) is 16.2 Å². The molecule has 11 heteroatoms.